The fourth-order valence-corrected chi connectivity index (χ4v) is 4.39. The van der Waals surface area contributed by atoms with Crippen molar-refractivity contribution in [1.82, 2.24) is 5.32 Å². The first kappa shape index (κ1) is 23.8. The maximum atomic E-state index is 12.5. The quantitative estimate of drug-likeness (QED) is 0.406. The smallest absolute Gasteiger partial charge is 0.279 e. The molecule has 1 fully saturated rings. The maximum Gasteiger partial charge on any atom is 0.279 e. The summed E-state index contributed by atoms with van der Waals surface area (Å²) in [5.41, 5.74) is 3.42. The van der Waals surface area contributed by atoms with E-state index in [-0.39, 0.29) is 11.1 Å². The van der Waals surface area contributed by atoms with Gasteiger partial charge in [-0.2, -0.15) is 4.99 Å². The number of nitrogens with one attached hydrogen (secondary N) is 1. The Hall–Kier alpha value is -3.36. The number of carbonyl (C=O) groups excluding carboxylic acids is 2. The second kappa shape index (κ2) is 10.7. The van der Waals surface area contributed by atoms with Crippen LogP contribution in [0.4, 0.5) is 0 Å². The van der Waals surface area contributed by atoms with Crippen LogP contribution >= 0.6 is 27.7 Å². The van der Waals surface area contributed by atoms with E-state index in [0.29, 0.717) is 28.6 Å². The summed E-state index contributed by atoms with van der Waals surface area (Å²) in [6, 6.07) is 20.4. The van der Waals surface area contributed by atoms with Gasteiger partial charge < -0.3 is 14.8 Å². The number of aliphatic imine (C=N–C) groups is 1. The van der Waals surface area contributed by atoms with E-state index in [2.05, 4.69) is 26.2 Å². The third-order valence-electron chi connectivity index (χ3n) is 4.96. The first-order valence-electron chi connectivity index (χ1n) is 10.4. The molecule has 3 aromatic rings. The Kier molecular flexibility index (Phi) is 7.49. The predicted molar refractivity (Wildman–Crippen MR) is 138 cm³/mol. The standard InChI is InChI=1S/C26H21BrN2O4S/c1-16-8-10-17(11-9-16)15-33-22-14-20(27)19(12-21(22)32-2)13-23-25(31)29-26(34-23)28-24(30)18-6-4-3-5-7-18/h3-14H,15H2,1-2H3,(H,28,29,30,31)/b23-13-. The topological polar surface area (TPSA) is 77.0 Å². The van der Waals surface area contributed by atoms with Crippen LogP contribution in [0.15, 0.2) is 81.1 Å². The molecular weight excluding hydrogens is 516 g/mol. The van der Waals surface area contributed by atoms with E-state index in [4.69, 9.17) is 9.47 Å². The number of amidine groups is 1. The molecule has 6 nitrogen and oxygen atoms in total. The van der Waals surface area contributed by atoms with Crippen molar-refractivity contribution in [1.29, 1.82) is 0 Å². The number of halogens is 1. The molecule has 0 atom stereocenters. The van der Waals surface area contributed by atoms with Gasteiger partial charge in [0.05, 0.1) is 12.0 Å². The molecule has 0 unspecified atom stereocenters. The van der Waals surface area contributed by atoms with Crippen molar-refractivity contribution in [2.45, 2.75) is 13.5 Å². The van der Waals surface area contributed by atoms with Crippen LogP contribution in [0.5, 0.6) is 11.5 Å². The Labute approximate surface area is 210 Å². The van der Waals surface area contributed by atoms with Gasteiger partial charge in [0.25, 0.3) is 11.8 Å². The highest BCUT2D eigenvalue weighted by Crippen LogP contribution is 2.37. The summed E-state index contributed by atoms with van der Waals surface area (Å²) < 4.78 is 12.2. The zero-order valence-corrected chi connectivity index (χ0v) is 20.9. The van der Waals surface area contributed by atoms with Crippen LogP contribution in [0, 0.1) is 6.92 Å². The molecule has 172 valence electrons. The Balaban J connectivity index is 1.51. The molecule has 0 bridgehead atoms. The van der Waals surface area contributed by atoms with Gasteiger partial charge in [-0.25, -0.2) is 0 Å². The largest absolute Gasteiger partial charge is 0.493 e. The number of rotatable bonds is 6. The van der Waals surface area contributed by atoms with Gasteiger partial charge in [-0.3, -0.25) is 9.59 Å². The number of hydrogen-bond donors (Lipinski definition) is 1. The first-order valence-corrected chi connectivity index (χ1v) is 12.0. The van der Waals surface area contributed by atoms with Crippen LogP contribution in [-0.4, -0.2) is 24.1 Å². The molecule has 1 N–H and O–H groups in total. The number of benzene rings is 3. The lowest BCUT2D eigenvalue weighted by atomic mass is 10.1. The molecule has 8 heteroatoms. The lowest BCUT2D eigenvalue weighted by molar-refractivity contribution is -0.115. The fraction of sp³-hybridized carbons (Fsp3) is 0.115. The molecule has 1 heterocycles. The molecule has 1 saturated heterocycles. The molecule has 0 saturated carbocycles. The molecule has 0 radical (unpaired) electrons. The number of nitrogens with zero attached hydrogens (tertiary/aromatic N) is 1. The number of amides is 2. The number of hydrogen-bond acceptors (Lipinski definition) is 5. The molecule has 1 aliphatic heterocycles. The zero-order valence-electron chi connectivity index (χ0n) is 18.5. The second-order valence-corrected chi connectivity index (χ2v) is 9.34. The highest BCUT2D eigenvalue weighted by atomic mass is 79.9. The number of ether oxygens (including phenoxy) is 2. The Bertz CT molecular complexity index is 1290. The summed E-state index contributed by atoms with van der Waals surface area (Å²) in [5, 5.41) is 2.88. The zero-order chi connectivity index (χ0) is 24.1. The maximum absolute atomic E-state index is 12.5. The van der Waals surface area contributed by atoms with Crippen LogP contribution in [0.1, 0.15) is 27.0 Å². The molecule has 34 heavy (non-hydrogen) atoms. The van der Waals surface area contributed by atoms with Crippen molar-refractivity contribution < 1.29 is 19.1 Å². The third-order valence-corrected chi connectivity index (χ3v) is 6.56. The van der Waals surface area contributed by atoms with Gasteiger partial charge in [0, 0.05) is 10.0 Å². The van der Waals surface area contributed by atoms with Crippen LogP contribution in [0.3, 0.4) is 0 Å². The van der Waals surface area contributed by atoms with E-state index in [1.165, 1.54) is 5.56 Å². The van der Waals surface area contributed by atoms with E-state index < -0.39 is 5.91 Å². The molecule has 2 amide bonds. The van der Waals surface area contributed by atoms with Crippen molar-refractivity contribution in [3.63, 3.8) is 0 Å². The highest BCUT2D eigenvalue weighted by Gasteiger charge is 2.25. The SMILES string of the molecule is COc1cc(/C=C2\SC(=NC(=O)c3ccccc3)NC2=O)c(Br)cc1OCc1ccc(C)cc1. The monoisotopic (exact) mass is 536 g/mol. The summed E-state index contributed by atoms with van der Waals surface area (Å²) in [4.78, 5) is 29.2. The van der Waals surface area contributed by atoms with Gasteiger partial charge in [0.1, 0.15) is 6.61 Å². The van der Waals surface area contributed by atoms with Crippen molar-refractivity contribution in [2.75, 3.05) is 7.11 Å². The number of methoxy groups -OCH3 is 1. The van der Waals surface area contributed by atoms with Gasteiger partial charge in [0.15, 0.2) is 16.7 Å². The minimum absolute atomic E-state index is 0.242. The minimum atomic E-state index is -0.414. The van der Waals surface area contributed by atoms with E-state index in [1.54, 1.807) is 43.5 Å². The summed E-state index contributed by atoms with van der Waals surface area (Å²) >= 11 is 4.66. The normalized spacial score (nSPS) is 15.4. The van der Waals surface area contributed by atoms with Crippen LogP contribution in [0.25, 0.3) is 6.08 Å². The van der Waals surface area contributed by atoms with E-state index in [9.17, 15) is 9.59 Å². The predicted octanol–water partition coefficient (Wildman–Crippen LogP) is 5.75. The van der Waals surface area contributed by atoms with Crippen molar-refractivity contribution in [2.24, 2.45) is 4.99 Å². The molecule has 4 rings (SSSR count). The Morgan fingerprint density at radius 2 is 1.82 bits per heavy atom. The Morgan fingerprint density at radius 1 is 1.09 bits per heavy atom. The molecule has 1 aliphatic rings. The van der Waals surface area contributed by atoms with Crippen LogP contribution in [-0.2, 0) is 11.4 Å². The summed E-state index contributed by atoms with van der Waals surface area (Å²) in [6.07, 6.45) is 1.71. The Morgan fingerprint density at radius 3 is 2.53 bits per heavy atom. The van der Waals surface area contributed by atoms with E-state index >= 15 is 0 Å². The highest BCUT2D eigenvalue weighted by molar-refractivity contribution is 9.10. The van der Waals surface area contributed by atoms with Gasteiger partial charge in [-0.05, 0) is 60.2 Å². The van der Waals surface area contributed by atoms with Crippen LogP contribution < -0.4 is 14.8 Å². The van der Waals surface area contributed by atoms with Crippen molar-refractivity contribution in [3.8, 4) is 11.5 Å². The van der Waals surface area contributed by atoms with Crippen molar-refractivity contribution >= 4 is 50.7 Å². The molecule has 3 aromatic carbocycles. The summed E-state index contributed by atoms with van der Waals surface area (Å²) in [7, 11) is 1.57. The lowest BCUT2D eigenvalue weighted by Crippen LogP contribution is -2.20. The fourth-order valence-electron chi connectivity index (χ4n) is 3.14. The van der Waals surface area contributed by atoms with Crippen LogP contribution in [0.2, 0.25) is 0 Å². The second-order valence-electron chi connectivity index (χ2n) is 7.45. The molecule has 0 spiro atoms. The first-order chi connectivity index (χ1) is 16.4. The minimum Gasteiger partial charge on any atom is -0.493 e. The molecule has 0 aromatic heterocycles. The van der Waals surface area contributed by atoms with Gasteiger partial charge in [-0.1, -0.05) is 64.0 Å². The molecule has 0 aliphatic carbocycles. The van der Waals surface area contributed by atoms with Gasteiger partial charge in [-0.15, -0.1) is 0 Å². The van der Waals surface area contributed by atoms with Crippen molar-refractivity contribution in [3.05, 3.63) is 98.4 Å². The average Bonchev–Trinajstić information content (AvgIpc) is 3.18. The third kappa shape index (κ3) is 5.76. The van der Waals surface area contributed by atoms with E-state index in [0.717, 1.165) is 27.4 Å². The van der Waals surface area contributed by atoms with Gasteiger partial charge >= 0.3 is 0 Å². The number of carbonyl (C=O) groups is 2. The average molecular weight is 537 g/mol. The number of aryl methyl sites for hydroxylation is 1. The lowest BCUT2D eigenvalue weighted by Gasteiger charge is -2.13. The van der Waals surface area contributed by atoms with E-state index in [1.807, 2.05) is 43.3 Å². The number of thioether (sulfide) groups is 1. The molecular formula is C26H21BrN2O4S. The summed E-state index contributed by atoms with van der Waals surface area (Å²) in [5.74, 6) is 0.382. The summed E-state index contributed by atoms with van der Waals surface area (Å²) in [6.45, 7) is 2.44. The van der Waals surface area contributed by atoms with Gasteiger partial charge in [0.2, 0.25) is 0 Å².